The smallest absolute Gasteiger partial charge is 0.124 e. The first kappa shape index (κ1) is 20.0. The third-order valence-corrected chi connectivity index (χ3v) is 4.89. The fourth-order valence-electron chi connectivity index (χ4n) is 2.65. The summed E-state index contributed by atoms with van der Waals surface area (Å²) in [7, 11) is 0. The van der Waals surface area contributed by atoms with E-state index in [9.17, 15) is 0 Å². The summed E-state index contributed by atoms with van der Waals surface area (Å²) in [6.45, 7) is 2.85. The molecule has 142 valence electrons. The number of benzene rings is 2. The van der Waals surface area contributed by atoms with Crippen molar-refractivity contribution in [2.24, 2.45) is 0 Å². The molecule has 2 aromatic carbocycles. The lowest BCUT2D eigenvalue weighted by atomic mass is 10.2. The molecule has 0 spiro atoms. The van der Waals surface area contributed by atoms with Crippen molar-refractivity contribution in [1.29, 1.82) is 0 Å². The number of hydrogen-bond donors (Lipinski definition) is 1. The highest BCUT2D eigenvalue weighted by atomic mass is 35.5. The molecule has 3 rings (SSSR count). The van der Waals surface area contributed by atoms with E-state index in [1.165, 1.54) is 0 Å². The van der Waals surface area contributed by atoms with Gasteiger partial charge in [0.2, 0.25) is 0 Å². The fourth-order valence-corrected chi connectivity index (χ4v) is 3.31. The van der Waals surface area contributed by atoms with Crippen molar-refractivity contribution in [1.82, 2.24) is 14.9 Å². The first-order valence-corrected chi connectivity index (χ1v) is 9.77. The predicted molar refractivity (Wildman–Crippen MR) is 111 cm³/mol. The monoisotopic (exact) mass is 423 g/mol. The van der Waals surface area contributed by atoms with Gasteiger partial charge in [0.25, 0.3) is 0 Å². The van der Waals surface area contributed by atoms with Crippen LogP contribution in [0, 0.1) is 0 Å². The van der Waals surface area contributed by atoms with Crippen LogP contribution in [0.15, 0.2) is 55.1 Å². The summed E-state index contributed by atoms with van der Waals surface area (Å²) < 4.78 is 8.04. The number of aryl methyl sites for hydroxylation is 1. The number of nitrogens with one attached hydrogen (secondary N) is 1. The lowest BCUT2D eigenvalue weighted by Gasteiger charge is -2.14. The van der Waals surface area contributed by atoms with Crippen molar-refractivity contribution in [2.75, 3.05) is 6.54 Å². The van der Waals surface area contributed by atoms with Gasteiger partial charge in [-0.2, -0.15) is 0 Å². The molecule has 0 saturated heterocycles. The van der Waals surface area contributed by atoms with Crippen molar-refractivity contribution >= 4 is 34.8 Å². The zero-order chi connectivity index (χ0) is 19.1. The minimum Gasteiger partial charge on any atom is -0.489 e. The van der Waals surface area contributed by atoms with Gasteiger partial charge >= 0.3 is 0 Å². The fraction of sp³-hybridized carbons (Fsp3) is 0.250. The van der Waals surface area contributed by atoms with Gasteiger partial charge in [-0.15, -0.1) is 0 Å². The zero-order valence-electron chi connectivity index (χ0n) is 14.7. The largest absolute Gasteiger partial charge is 0.489 e. The number of hydrogen-bond acceptors (Lipinski definition) is 3. The van der Waals surface area contributed by atoms with Crippen molar-refractivity contribution < 1.29 is 4.74 Å². The van der Waals surface area contributed by atoms with E-state index in [0.717, 1.165) is 36.4 Å². The van der Waals surface area contributed by atoms with Crippen LogP contribution in [0.25, 0.3) is 0 Å². The number of nitrogens with zero attached hydrogens (tertiary/aromatic N) is 2. The lowest BCUT2D eigenvalue weighted by Crippen LogP contribution is -2.17. The van der Waals surface area contributed by atoms with E-state index >= 15 is 0 Å². The molecule has 0 amide bonds. The summed E-state index contributed by atoms with van der Waals surface area (Å²) in [5, 5.41) is 5.32. The molecule has 4 nitrogen and oxygen atoms in total. The van der Waals surface area contributed by atoms with E-state index in [0.29, 0.717) is 28.2 Å². The van der Waals surface area contributed by atoms with Crippen LogP contribution >= 0.6 is 34.8 Å². The Hall–Kier alpha value is -1.72. The first-order valence-electron chi connectivity index (χ1n) is 8.63. The molecule has 3 aromatic rings. The summed E-state index contributed by atoms with van der Waals surface area (Å²) in [5.41, 5.74) is 1.89. The number of aromatic nitrogens is 2. The third-order valence-electron chi connectivity index (χ3n) is 4.07. The molecule has 0 aliphatic heterocycles. The van der Waals surface area contributed by atoms with Crippen molar-refractivity contribution in [3.8, 4) is 5.75 Å². The Bertz CT molecular complexity index is 869. The zero-order valence-corrected chi connectivity index (χ0v) is 16.9. The van der Waals surface area contributed by atoms with E-state index in [1.807, 2.05) is 36.8 Å². The van der Waals surface area contributed by atoms with E-state index < -0.39 is 0 Å². The highest BCUT2D eigenvalue weighted by Crippen LogP contribution is 2.26. The highest BCUT2D eigenvalue weighted by Gasteiger charge is 2.07. The Labute approximate surface area is 174 Å². The Kier molecular flexibility index (Phi) is 7.41. The molecule has 0 unspecified atom stereocenters. The maximum absolute atomic E-state index is 6.22. The van der Waals surface area contributed by atoms with Crippen LogP contribution in [0.1, 0.15) is 17.5 Å². The van der Waals surface area contributed by atoms with Gasteiger partial charge < -0.3 is 14.6 Å². The second-order valence-corrected chi connectivity index (χ2v) is 7.39. The topological polar surface area (TPSA) is 39.1 Å². The van der Waals surface area contributed by atoms with Gasteiger partial charge in [0.1, 0.15) is 12.4 Å². The normalized spacial score (nSPS) is 10.9. The van der Waals surface area contributed by atoms with Gasteiger partial charge in [-0.25, -0.2) is 4.98 Å². The summed E-state index contributed by atoms with van der Waals surface area (Å²) in [5.74, 6) is 0.785. The Balaban J connectivity index is 1.54. The molecular formula is C20H20Cl3N3O. The summed E-state index contributed by atoms with van der Waals surface area (Å²) in [4.78, 5) is 4.04. The molecule has 1 N–H and O–H groups in total. The minimum absolute atomic E-state index is 0.366. The molecule has 0 aliphatic rings. The number of halogens is 3. The molecule has 0 saturated carbocycles. The van der Waals surface area contributed by atoms with Crippen LogP contribution < -0.4 is 10.1 Å². The highest BCUT2D eigenvalue weighted by molar-refractivity contribution is 6.35. The van der Waals surface area contributed by atoms with Crippen LogP contribution in [-0.2, 0) is 19.7 Å². The van der Waals surface area contributed by atoms with Gasteiger partial charge in [-0.3, -0.25) is 0 Å². The second kappa shape index (κ2) is 10.00. The van der Waals surface area contributed by atoms with Gasteiger partial charge in [0.15, 0.2) is 0 Å². The average Bonchev–Trinajstić information content (AvgIpc) is 3.15. The SMILES string of the molecule is Clc1ccc(COc2ccc(Cl)cc2CNCCCn2ccnc2)c(Cl)c1. The Morgan fingerprint density at radius 3 is 2.59 bits per heavy atom. The van der Waals surface area contributed by atoms with Crippen LogP contribution in [0.3, 0.4) is 0 Å². The van der Waals surface area contributed by atoms with Crippen molar-refractivity contribution in [2.45, 2.75) is 26.1 Å². The van der Waals surface area contributed by atoms with Crippen LogP contribution in [0.4, 0.5) is 0 Å². The molecule has 1 aromatic heterocycles. The number of rotatable bonds is 9. The van der Waals surface area contributed by atoms with Crippen molar-refractivity contribution in [3.63, 3.8) is 0 Å². The maximum Gasteiger partial charge on any atom is 0.124 e. The summed E-state index contributed by atoms with van der Waals surface area (Å²) >= 11 is 18.3. The summed E-state index contributed by atoms with van der Waals surface area (Å²) in [6, 6.07) is 11.0. The average molecular weight is 425 g/mol. The molecule has 7 heteroatoms. The number of ether oxygens (including phenoxy) is 1. The second-order valence-electron chi connectivity index (χ2n) is 6.11. The van der Waals surface area contributed by atoms with Gasteiger partial charge in [-0.1, -0.05) is 40.9 Å². The molecule has 0 atom stereocenters. The van der Waals surface area contributed by atoms with Gasteiger partial charge in [-0.05, 0) is 43.3 Å². The van der Waals surface area contributed by atoms with E-state index in [4.69, 9.17) is 39.5 Å². The molecule has 0 fully saturated rings. The third kappa shape index (κ3) is 6.15. The first-order chi connectivity index (χ1) is 13.1. The minimum atomic E-state index is 0.366. The standard InChI is InChI=1S/C20H20Cl3N3O/c21-17-4-5-20(27-13-15-2-3-18(22)11-19(15)23)16(10-17)12-24-6-1-8-26-9-7-25-14-26/h2-5,7,9-11,14,24H,1,6,8,12-13H2. The van der Waals surface area contributed by atoms with E-state index in [1.54, 1.807) is 18.3 Å². The van der Waals surface area contributed by atoms with Crippen LogP contribution in [-0.4, -0.2) is 16.1 Å². The Morgan fingerprint density at radius 2 is 1.81 bits per heavy atom. The quantitative estimate of drug-likeness (QED) is 0.454. The van der Waals surface area contributed by atoms with Gasteiger partial charge in [0.05, 0.1) is 6.33 Å². The summed E-state index contributed by atoms with van der Waals surface area (Å²) in [6.07, 6.45) is 6.58. The maximum atomic E-state index is 6.22. The Morgan fingerprint density at radius 1 is 1.00 bits per heavy atom. The molecule has 0 aliphatic carbocycles. The van der Waals surface area contributed by atoms with Gasteiger partial charge in [0, 0.05) is 51.7 Å². The molecular weight excluding hydrogens is 405 g/mol. The molecule has 0 radical (unpaired) electrons. The predicted octanol–water partition coefficient (Wildman–Crippen LogP) is 5.60. The molecule has 1 heterocycles. The van der Waals surface area contributed by atoms with E-state index in [2.05, 4.69) is 14.9 Å². The molecule has 27 heavy (non-hydrogen) atoms. The number of imidazole rings is 1. The van der Waals surface area contributed by atoms with Crippen LogP contribution in [0.2, 0.25) is 15.1 Å². The lowest BCUT2D eigenvalue weighted by molar-refractivity contribution is 0.302. The van der Waals surface area contributed by atoms with Crippen molar-refractivity contribution in [3.05, 3.63) is 81.3 Å². The van der Waals surface area contributed by atoms with Crippen LogP contribution in [0.5, 0.6) is 5.75 Å². The van der Waals surface area contributed by atoms with E-state index in [-0.39, 0.29) is 0 Å². The molecule has 0 bridgehead atoms.